The molecular weight excluding hydrogens is 320 g/mol. The van der Waals surface area contributed by atoms with Crippen molar-refractivity contribution in [3.8, 4) is 0 Å². The van der Waals surface area contributed by atoms with Crippen molar-refractivity contribution >= 4 is 11.3 Å². The number of benzene rings is 1. The van der Waals surface area contributed by atoms with Crippen LogP contribution in [0.5, 0.6) is 0 Å². The van der Waals surface area contributed by atoms with Crippen LogP contribution in [0.2, 0.25) is 0 Å². The summed E-state index contributed by atoms with van der Waals surface area (Å²) in [6.07, 6.45) is 2.86. The predicted molar refractivity (Wildman–Crippen MR) is 95.1 cm³/mol. The molecule has 2 heterocycles. The van der Waals surface area contributed by atoms with Crippen molar-refractivity contribution in [2.24, 2.45) is 0 Å². The molecule has 5 heteroatoms. The normalized spacial score (nSPS) is 23.3. The number of ether oxygens (including phenoxy) is 1. The zero-order chi connectivity index (χ0) is 16.4. The first-order valence-electron chi connectivity index (χ1n) is 8.78. The van der Waals surface area contributed by atoms with Gasteiger partial charge in [-0.2, -0.15) is 0 Å². The van der Waals surface area contributed by atoms with E-state index in [1.54, 1.807) is 11.3 Å². The third kappa shape index (κ3) is 3.86. The molecule has 1 aromatic carbocycles. The molecule has 1 aromatic heterocycles. The summed E-state index contributed by atoms with van der Waals surface area (Å²) < 4.78 is 5.67. The lowest BCUT2D eigenvalue weighted by Crippen LogP contribution is -2.45. The van der Waals surface area contributed by atoms with E-state index in [2.05, 4.69) is 10.3 Å². The first kappa shape index (κ1) is 16.2. The minimum atomic E-state index is -0.446. The summed E-state index contributed by atoms with van der Waals surface area (Å²) in [5.41, 5.74) is 2.15. The smallest absolute Gasteiger partial charge is 0.0959 e. The van der Waals surface area contributed by atoms with Gasteiger partial charge >= 0.3 is 0 Å². The minimum absolute atomic E-state index is 0.236. The van der Waals surface area contributed by atoms with Gasteiger partial charge in [-0.15, -0.1) is 11.3 Å². The fourth-order valence-electron chi connectivity index (χ4n) is 3.30. The number of aromatic nitrogens is 1. The molecule has 24 heavy (non-hydrogen) atoms. The van der Waals surface area contributed by atoms with Gasteiger partial charge in [0.2, 0.25) is 0 Å². The highest BCUT2D eigenvalue weighted by atomic mass is 32.1. The van der Waals surface area contributed by atoms with Gasteiger partial charge in [-0.05, 0) is 24.8 Å². The number of rotatable bonds is 6. The molecule has 0 bridgehead atoms. The van der Waals surface area contributed by atoms with Crippen molar-refractivity contribution in [2.75, 3.05) is 19.8 Å². The molecule has 0 spiro atoms. The number of aliphatic hydroxyl groups excluding tert-OH is 1. The van der Waals surface area contributed by atoms with Crippen LogP contribution in [0.1, 0.15) is 47.5 Å². The number of morpholine rings is 1. The van der Waals surface area contributed by atoms with Crippen molar-refractivity contribution in [1.29, 1.82) is 0 Å². The van der Waals surface area contributed by atoms with Crippen molar-refractivity contribution in [3.63, 3.8) is 0 Å². The Morgan fingerprint density at radius 2 is 2.12 bits per heavy atom. The SMILES string of the molecule is OC(CC1COCCN1Cc1csc(C2CC2)n1)c1ccccc1. The molecule has 0 amide bonds. The molecule has 1 aliphatic carbocycles. The van der Waals surface area contributed by atoms with E-state index in [1.165, 1.54) is 23.5 Å². The molecule has 0 radical (unpaired) electrons. The lowest BCUT2D eigenvalue weighted by molar-refractivity contribution is -0.0304. The Labute approximate surface area is 147 Å². The van der Waals surface area contributed by atoms with Crippen LogP contribution in [0.15, 0.2) is 35.7 Å². The largest absolute Gasteiger partial charge is 0.388 e. The summed E-state index contributed by atoms with van der Waals surface area (Å²) in [6, 6.07) is 10.1. The Balaban J connectivity index is 1.40. The molecule has 4 rings (SSSR count). The molecule has 2 atom stereocenters. The van der Waals surface area contributed by atoms with Crippen LogP contribution in [0.4, 0.5) is 0 Å². The highest BCUT2D eigenvalue weighted by molar-refractivity contribution is 7.09. The summed E-state index contributed by atoms with van der Waals surface area (Å²) in [5, 5.41) is 14.1. The van der Waals surface area contributed by atoms with Gasteiger partial charge in [0, 0.05) is 30.4 Å². The van der Waals surface area contributed by atoms with Gasteiger partial charge in [-0.1, -0.05) is 30.3 Å². The average molecular weight is 344 g/mol. The number of hydrogen-bond acceptors (Lipinski definition) is 5. The third-order valence-corrected chi connectivity index (χ3v) is 5.95. The first-order chi connectivity index (χ1) is 11.8. The van der Waals surface area contributed by atoms with Crippen LogP contribution in [-0.2, 0) is 11.3 Å². The summed E-state index contributed by atoms with van der Waals surface area (Å²) in [6.45, 7) is 3.21. The zero-order valence-electron chi connectivity index (χ0n) is 13.8. The van der Waals surface area contributed by atoms with E-state index in [1.807, 2.05) is 30.3 Å². The highest BCUT2D eigenvalue weighted by Gasteiger charge is 2.29. The topological polar surface area (TPSA) is 45.6 Å². The average Bonchev–Trinajstić information content (AvgIpc) is 3.37. The van der Waals surface area contributed by atoms with E-state index in [9.17, 15) is 5.11 Å². The van der Waals surface area contributed by atoms with Crippen molar-refractivity contribution in [1.82, 2.24) is 9.88 Å². The standard InChI is InChI=1S/C19H24N2O2S/c22-18(14-4-2-1-3-5-14)10-17-12-23-9-8-21(17)11-16-13-24-19(20-16)15-6-7-15/h1-5,13,15,17-18,22H,6-12H2. The fourth-order valence-corrected chi connectivity index (χ4v) is 4.29. The molecule has 2 unspecified atom stereocenters. The van der Waals surface area contributed by atoms with Crippen molar-refractivity contribution < 1.29 is 9.84 Å². The molecular formula is C19H24N2O2S. The number of nitrogens with zero attached hydrogens (tertiary/aromatic N) is 2. The Hall–Kier alpha value is -1.27. The van der Waals surface area contributed by atoms with Crippen LogP contribution in [0, 0.1) is 0 Å². The van der Waals surface area contributed by atoms with Crippen LogP contribution >= 0.6 is 11.3 Å². The van der Waals surface area contributed by atoms with Crippen LogP contribution in [0.25, 0.3) is 0 Å². The molecule has 1 N–H and O–H groups in total. The first-order valence-corrected chi connectivity index (χ1v) is 9.66. The number of hydrogen-bond donors (Lipinski definition) is 1. The van der Waals surface area contributed by atoms with Crippen molar-refractivity contribution in [3.05, 3.63) is 52.0 Å². The monoisotopic (exact) mass is 344 g/mol. The van der Waals surface area contributed by atoms with Crippen LogP contribution in [0.3, 0.4) is 0 Å². The number of aliphatic hydroxyl groups is 1. The van der Waals surface area contributed by atoms with Crippen LogP contribution in [-0.4, -0.2) is 40.8 Å². The van der Waals surface area contributed by atoms with Gasteiger partial charge in [0.15, 0.2) is 0 Å². The second-order valence-electron chi connectivity index (χ2n) is 6.81. The Morgan fingerprint density at radius 3 is 2.92 bits per heavy atom. The highest BCUT2D eigenvalue weighted by Crippen LogP contribution is 2.41. The summed E-state index contributed by atoms with van der Waals surface area (Å²) >= 11 is 1.80. The van der Waals surface area contributed by atoms with Gasteiger partial charge in [-0.25, -0.2) is 4.98 Å². The second kappa shape index (κ2) is 7.31. The summed E-state index contributed by atoms with van der Waals surface area (Å²) in [5.74, 6) is 0.726. The molecule has 2 fully saturated rings. The van der Waals surface area contributed by atoms with Crippen molar-refractivity contribution in [2.45, 2.75) is 43.9 Å². The molecule has 2 aromatic rings. The molecule has 1 aliphatic heterocycles. The summed E-state index contributed by atoms with van der Waals surface area (Å²) in [4.78, 5) is 7.23. The lowest BCUT2D eigenvalue weighted by atomic mass is 10.0. The minimum Gasteiger partial charge on any atom is -0.388 e. The predicted octanol–water partition coefficient (Wildman–Crippen LogP) is 3.35. The Morgan fingerprint density at radius 1 is 1.29 bits per heavy atom. The van der Waals surface area contributed by atoms with E-state index in [0.29, 0.717) is 13.0 Å². The zero-order valence-corrected chi connectivity index (χ0v) is 14.6. The Bertz CT molecular complexity index is 656. The molecule has 4 nitrogen and oxygen atoms in total. The van der Waals surface area contributed by atoms with E-state index in [-0.39, 0.29) is 6.04 Å². The maximum Gasteiger partial charge on any atom is 0.0959 e. The van der Waals surface area contributed by atoms with Gasteiger partial charge in [0.05, 0.1) is 30.0 Å². The third-order valence-electron chi connectivity index (χ3n) is 4.89. The maximum absolute atomic E-state index is 10.5. The quantitative estimate of drug-likeness (QED) is 0.873. The number of thiazole rings is 1. The van der Waals surface area contributed by atoms with E-state index < -0.39 is 6.10 Å². The van der Waals surface area contributed by atoms with Gasteiger partial charge in [-0.3, -0.25) is 4.90 Å². The molecule has 128 valence electrons. The summed E-state index contributed by atoms with van der Waals surface area (Å²) in [7, 11) is 0. The molecule has 2 aliphatic rings. The fraction of sp³-hybridized carbons (Fsp3) is 0.526. The van der Waals surface area contributed by atoms with Gasteiger partial charge in [0.25, 0.3) is 0 Å². The van der Waals surface area contributed by atoms with Gasteiger partial charge < -0.3 is 9.84 Å². The Kier molecular flexibility index (Phi) is 4.94. The van der Waals surface area contributed by atoms with Crippen LogP contribution < -0.4 is 0 Å². The molecule has 1 saturated heterocycles. The maximum atomic E-state index is 10.5. The van der Waals surface area contributed by atoms with E-state index >= 15 is 0 Å². The second-order valence-corrected chi connectivity index (χ2v) is 7.70. The van der Waals surface area contributed by atoms with Gasteiger partial charge in [0.1, 0.15) is 0 Å². The molecule has 1 saturated carbocycles. The van der Waals surface area contributed by atoms with E-state index in [4.69, 9.17) is 9.72 Å². The lowest BCUT2D eigenvalue weighted by Gasteiger charge is -2.36. The van der Waals surface area contributed by atoms with E-state index in [0.717, 1.165) is 31.2 Å².